The van der Waals surface area contributed by atoms with E-state index in [4.69, 9.17) is 4.74 Å². The second-order valence-electron chi connectivity index (χ2n) is 4.15. The number of fused-ring (bicyclic) bond motifs is 1. The van der Waals surface area contributed by atoms with Crippen molar-refractivity contribution >= 4 is 5.78 Å². The molecule has 1 aliphatic rings. The van der Waals surface area contributed by atoms with Gasteiger partial charge in [0.05, 0.1) is 7.11 Å². The lowest BCUT2D eigenvalue weighted by molar-refractivity contribution is 0.0903. The van der Waals surface area contributed by atoms with E-state index < -0.39 is 0 Å². The number of hydrogen-bond acceptors (Lipinski definition) is 2. The summed E-state index contributed by atoms with van der Waals surface area (Å²) in [5.74, 6) is 1.20. The Hall–Kier alpha value is -1.57. The molecule has 1 aromatic carbocycles. The quantitative estimate of drug-likeness (QED) is 0.726. The third-order valence-electron chi connectivity index (χ3n) is 3.16. The third-order valence-corrected chi connectivity index (χ3v) is 3.16. The smallest absolute Gasteiger partial charge is 0.166 e. The van der Waals surface area contributed by atoms with E-state index >= 15 is 0 Å². The third kappa shape index (κ3) is 1.87. The van der Waals surface area contributed by atoms with E-state index in [-0.39, 0.29) is 11.7 Å². The first-order valence-corrected chi connectivity index (χ1v) is 5.58. The molecule has 1 aromatic rings. The van der Waals surface area contributed by atoms with Gasteiger partial charge in [0, 0.05) is 11.5 Å². The summed E-state index contributed by atoms with van der Waals surface area (Å²) < 4.78 is 5.16. The molecule has 0 saturated carbocycles. The van der Waals surface area contributed by atoms with Crippen molar-refractivity contribution in [1.82, 2.24) is 0 Å². The zero-order valence-corrected chi connectivity index (χ0v) is 9.53. The van der Waals surface area contributed by atoms with Crippen molar-refractivity contribution in [3.63, 3.8) is 0 Å². The first kappa shape index (κ1) is 10.9. The van der Waals surface area contributed by atoms with Crippen molar-refractivity contribution < 1.29 is 9.53 Å². The molecule has 0 bridgehead atoms. The van der Waals surface area contributed by atoms with Crippen molar-refractivity contribution in [3.8, 4) is 5.75 Å². The van der Waals surface area contributed by atoms with Crippen LogP contribution in [0.2, 0.25) is 0 Å². The molecular weight excluding hydrogens is 200 g/mol. The van der Waals surface area contributed by atoms with Gasteiger partial charge in [-0.2, -0.15) is 0 Å². The Labute approximate surface area is 95.9 Å². The van der Waals surface area contributed by atoms with Crippen LogP contribution in [-0.4, -0.2) is 12.9 Å². The van der Waals surface area contributed by atoms with Gasteiger partial charge in [0.25, 0.3) is 0 Å². The minimum absolute atomic E-state index is 0.124. The van der Waals surface area contributed by atoms with Crippen molar-refractivity contribution in [2.24, 2.45) is 5.92 Å². The fourth-order valence-electron chi connectivity index (χ4n) is 2.25. The fourth-order valence-corrected chi connectivity index (χ4v) is 2.25. The van der Waals surface area contributed by atoms with E-state index in [0.29, 0.717) is 0 Å². The highest BCUT2D eigenvalue weighted by Crippen LogP contribution is 2.30. The van der Waals surface area contributed by atoms with Crippen molar-refractivity contribution in [2.75, 3.05) is 7.11 Å². The van der Waals surface area contributed by atoms with Gasteiger partial charge < -0.3 is 4.74 Å². The Kier molecular flexibility index (Phi) is 3.09. The number of benzene rings is 1. The molecule has 0 N–H and O–H groups in total. The minimum Gasteiger partial charge on any atom is -0.497 e. The van der Waals surface area contributed by atoms with Gasteiger partial charge in [-0.05, 0) is 43.0 Å². The number of ketones is 1. The summed E-state index contributed by atoms with van der Waals surface area (Å²) in [6.45, 7) is 3.70. The summed E-state index contributed by atoms with van der Waals surface area (Å²) in [5, 5.41) is 0. The molecule has 84 valence electrons. The highest BCUT2D eigenvalue weighted by atomic mass is 16.5. The molecule has 0 aliphatic heterocycles. The minimum atomic E-state index is 0.124. The van der Waals surface area contributed by atoms with Gasteiger partial charge in [0.15, 0.2) is 5.78 Å². The van der Waals surface area contributed by atoms with E-state index in [1.54, 1.807) is 7.11 Å². The number of carbonyl (C=O) groups excluding carboxylic acids is 1. The van der Waals surface area contributed by atoms with Crippen LogP contribution in [0.1, 0.15) is 28.8 Å². The summed E-state index contributed by atoms with van der Waals surface area (Å²) >= 11 is 0. The van der Waals surface area contributed by atoms with Gasteiger partial charge in [0.2, 0.25) is 0 Å². The summed E-state index contributed by atoms with van der Waals surface area (Å²) in [5.41, 5.74) is 1.98. The van der Waals surface area contributed by atoms with Crippen LogP contribution in [-0.2, 0) is 6.42 Å². The molecule has 0 fully saturated rings. The molecular formula is C14H16O2. The largest absolute Gasteiger partial charge is 0.497 e. The van der Waals surface area contributed by atoms with Gasteiger partial charge in [-0.1, -0.05) is 6.08 Å². The number of allylic oxidation sites excluding steroid dienone is 1. The van der Waals surface area contributed by atoms with Crippen LogP contribution in [0.3, 0.4) is 0 Å². The summed E-state index contributed by atoms with van der Waals surface area (Å²) in [6, 6.07) is 5.70. The highest BCUT2D eigenvalue weighted by Gasteiger charge is 2.26. The molecule has 0 aromatic heterocycles. The van der Waals surface area contributed by atoms with Crippen LogP contribution in [0.15, 0.2) is 30.9 Å². The Morgan fingerprint density at radius 2 is 2.38 bits per heavy atom. The predicted molar refractivity (Wildman–Crippen MR) is 63.9 cm³/mol. The zero-order chi connectivity index (χ0) is 11.5. The van der Waals surface area contributed by atoms with Crippen molar-refractivity contribution in [2.45, 2.75) is 19.3 Å². The SMILES string of the molecule is C=CCC1CCc2cc(OC)ccc2C1=O. The monoisotopic (exact) mass is 216 g/mol. The van der Waals surface area contributed by atoms with Gasteiger partial charge in [-0.3, -0.25) is 4.79 Å². The Morgan fingerprint density at radius 1 is 1.56 bits per heavy atom. The molecule has 0 radical (unpaired) electrons. The lowest BCUT2D eigenvalue weighted by Gasteiger charge is -2.22. The number of Topliss-reactive ketones (excluding diaryl/α,β-unsaturated/α-hetero) is 1. The van der Waals surface area contributed by atoms with E-state index in [0.717, 1.165) is 36.1 Å². The lowest BCUT2D eigenvalue weighted by Crippen LogP contribution is -2.22. The van der Waals surface area contributed by atoms with E-state index in [1.165, 1.54) is 0 Å². The highest BCUT2D eigenvalue weighted by molar-refractivity contribution is 6.00. The van der Waals surface area contributed by atoms with E-state index in [2.05, 4.69) is 6.58 Å². The standard InChI is InChI=1S/C14H16O2/c1-3-4-10-5-6-11-9-12(16-2)7-8-13(11)14(10)15/h3,7-10H,1,4-6H2,2H3. The number of rotatable bonds is 3. The second-order valence-corrected chi connectivity index (χ2v) is 4.15. The van der Waals surface area contributed by atoms with Gasteiger partial charge in [-0.15, -0.1) is 6.58 Å². The molecule has 2 rings (SSSR count). The summed E-state index contributed by atoms with van der Waals surface area (Å²) in [6.07, 6.45) is 4.49. The van der Waals surface area contributed by atoms with Crippen LogP contribution in [0.4, 0.5) is 0 Å². The lowest BCUT2D eigenvalue weighted by atomic mass is 9.81. The van der Waals surface area contributed by atoms with Crippen LogP contribution in [0, 0.1) is 5.92 Å². The molecule has 0 saturated heterocycles. The van der Waals surface area contributed by atoms with Gasteiger partial charge in [-0.25, -0.2) is 0 Å². The number of methoxy groups -OCH3 is 1. The molecule has 1 unspecified atom stereocenters. The van der Waals surface area contributed by atoms with Crippen molar-refractivity contribution in [3.05, 3.63) is 42.0 Å². The van der Waals surface area contributed by atoms with E-state index in [9.17, 15) is 4.79 Å². The van der Waals surface area contributed by atoms with Crippen molar-refractivity contribution in [1.29, 1.82) is 0 Å². The first-order valence-electron chi connectivity index (χ1n) is 5.58. The molecule has 2 heteroatoms. The molecule has 2 nitrogen and oxygen atoms in total. The van der Waals surface area contributed by atoms with Crippen LogP contribution >= 0.6 is 0 Å². The first-order chi connectivity index (χ1) is 7.76. The molecule has 0 amide bonds. The maximum Gasteiger partial charge on any atom is 0.166 e. The predicted octanol–water partition coefficient (Wildman–Crippen LogP) is 3.02. The van der Waals surface area contributed by atoms with Crippen LogP contribution < -0.4 is 4.74 Å². The van der Waals surface area contributed by atoms with Crippen LogP contribution in [0.25, 0.3) is 0 Å². The summed E-state index contributed by atoms with van der Waals surface area (Å²) in [7, 11) is 1.65. The van der Waals surface area contributed by atoms with Gasteiger partial charge >= 0.3 is 0 Å². The number of carbonyl (C=O) groups is 1. The topological polar surface area (TPSA) is 26.3 Å². The maximum atomic E-state index is 12.1. The number of hydrogen-bond donors (Lipinski definition) is 0. The zero-order valence-electron chi connectivity index (χ0n) is 9.53. The molecule has 16 heavy (non-hydrogen) atoms. The number of aryl methyl sites for hydroxylation is 1. The maximum absolute atomic E-state index is 12.1. The molecule has 0 spiro atoms. The van der Waals surface area contributed by atoms with Gasteiger partial charge in [0.1, 0.15) is 5.75 Å². The molecule has 1 atom stereocenters. The molecule has 1 aliphatic carbocycles. The molecule has 0 heterocycles. The normalized spacial score (nSPS) is 19.1. The number of ether oxygens (including phenoxy) is 1. The van der Waals surface area contributed by atoms with E-state index in [1.807, 2.05) is 24.3 Å². The van der Waals surface area contributed by atoms with Crippen LogP contribution in [0.5, 0.6) is 5.75 Å². The second kappa shape index (κ2) is 4.52. The average molecular weight is 216 g/mol. The average Bonchev–Trinajstić information content (AvgIpc) is 2.32. The summed E-state index contributed by atoms with van der Waals surface area (Å²) in [4.78, 5) is 12.1. The Morgan fingerprint density at radius 3 is 3.06 bits per heavy atom. The fraction of sp³-hybridized carbons (Fsp3) is 0.357. The Balaban J connectivity index is 2.31. The Bertz CT molecular complexity index is 421.